The van der Waals surface area contributed by atoms with Crippen molar-refractivity contribution in [1.29, 1.82) is 0 Å². The van der Waals surface area contributed by atoms with E-state index >= 15 is 0 Å². The molecule has 46 heavy (non-hydrogen) atoms. The summed E-state index contributed by atoms with van der Waals surface area (Å²) in [5.41, 5.74) is 0. The summed E-state index contributed by atoms with van der Waals surface area (Å²) in [5, 5.41) is 11.2. The molecule has 0 bridgehead atoms. The van der Waals surface area contributed by atoms with Crippen LogP contribution in [0.15, 0.2) is 0 Å². The van der Waals surface area contributed by atoms with E-state index in [-0.39, 0.29) is 36.1 Å². The smallest absolute Gasteiger partial charge is 0.549 e. The van der Waals surface area contributed by atoms with Gasteiger partial charge in [-0.15, -0.1) is 0 Å². The summed E-state index contributed by atoms with van der Waals surface area (Å²) in [6.45, 7) is 6.54. The number of hydrogen-bond acceptors (Lipinski definition) is 3. The zero-order valence-electron chi connectivity index (χ0n) is 32.3. The van der Waals surface area contributed by atoms with E-state index in [9.17, 15) is 9.90 Å². The standard InChI is InChI=1S/C42H85NO2.Na/c1-3-5-7-9-11-13-15-17-19-21-23-25-27-29-31-33-35-37-39-43(41-42(44)45)40-38-36-34-32-30-28-26-24-22-20-18-16-14-12-10-8-6-4-2;/h3-41H2,1-2H3,(H,44,45);/q;+1/p-1. The van der Waals surface area contributed by atoms with E-state index in [1.807, 2.05) is 0 Å². The van der Waals surface area contributed by atoms with Gasteiger partial charge in [0.25, 0.3) is 0 Å². The molecule has 0 aromatic heterocycles. The summed E-state index contributed by atoms with van der Waals surface area (Å²) in [6, 6.07) is 0. The molecule has 0 unspecified atom stereocenters. The van der Waals surface area contributed by atoms with Crippen molar-refractivity contribution in [2.75, 3.05) is 19.6 Å². The first-order chi connectivity index (χ1) is 22.2. The third-order valence-electron chi connectivity index (χ3n) is 10.0. The predicted molar refractivity (Wildman–Crippen MR) is 199 cm³/mol. The van der Waals surface area contributed by atoms with Crippen LogP contribution in [0.3, 0.4) is 0 Å². The molecule has 0 aliphatic heterocycles. The summed E-state index contributed by atoms with van der Waals surface area (Å²) in [4.78, 5) is 13.4. The van der Waals surface area contributed by atoms with Crippen molar-refractivity contribution < 1.29 is 39.5 Å². The quantitative estimate of drug-likeness (QED) is 0.0487. The molecule has 0 saturated carbocycles. The van der Waals surface area contributed by atoms with Gasteiger partial charge in [0, 0.05) is 6.54 Å². The van der Waals surface area contributed by atoms with E-state index in [0.29, 0.717) is 0 Å². The molecular weight excluding hydrogens is 573 g/mol. The molecule has 0 spiro atoms. The molecule has 0 aliphatic rings. The first-order valence-electron chi connectivity index (χ1n) is 21.1. The molecule has 270 valence electrons. The number of carbonyl (C=O) groups is 1. The number of nitrogens with zero attached hydrogens (tertiary/aromatic N) is 1. The molecule has 0 radical (unpaired) electrons. The fraction of sp³-hybridized carbons (Fsp3) is 0.976. The maximum absolute atomic E-state index is 11.2. The van der Waals surface area contributed by atoms with Crippen molar-refractivity contribution in [3.63, 3.8) is 0 Å². The minimum absolute atomic E-state index is 0. The topological polar surface area (TPSA) is 43.4 Å². The van der Waals surface area contributed by atoms with Crippen LogP contribution >= 0.6 is 0 Å². The number of carbonyl (C=O) groups excluding carboxylic acids is 1. The SMILES string of the molecule is CCCCCCCCCCCCCCCCCCCCN(CCCCCCCCCCCCCCCCCCCC)CC(=O)[O-].[Na+]. The van der Waals surface area contributed by atoms with Gasteiger partial charge in [0.15, 0.2) is 0 Å². The van der Waals surface area contributed by atoms with E-state index < -0.39 is 5.97 Å². The average molecular weight is 658 g/mol. The van der Waals surface area contributed by atoms with Crippen LogP contribution in [0.2, 0.25) is 0 Å². The Hall–Kier alpha value is 0.430. The van der Waals surface area contributed by atoms with Crippen molar-refractivity contribution in [2.24, 2.45) is 0 Å². The number of rotatable bonds is 40. The molecule has 0 N–H and O–H groups in total. The Labute approximate surface area is 313 Å². The maximum Gasteiger partial charge on any atom is 1.00 e. The van der Waals surface area contributed by atoms with Crippen LogP contribution in [0.25, 0.3) is 0 Å². The van der Waals surface area contributed by atoms with Crippen molar-refractivity contribution >= 4 is 5.97 Å². The molecular formula is C42H84NNaO2. The Morgan fingerprint density at radius 3 is 0.696 bits per heavy atom. The van der Waals surface area contributed by atoms with Gasteiger partial charge in [-0.3, -0.25) is 4.90 Å². The van der Waals surface area contributed by atoms with Crippen LogP contribution in [-0.4, -0.2) is 30.5 Å². The van der Waals surface area contributed by atoms with Crippen LogP contribution in [-0.2, 0) is 4.79 Å². The van der Waals surface area contributed by atoms with Gasteiger partial charge in [-0.2, -0.15) is 0 Å². The van der Waals surface area contributed by atoms with Gasteiger partial charge in [-0.25, -0.2) is 0 Å². The van der Waals surface area contributed by atoms with Crippen LogP contribution in [0.4, 0.5) is 0 Å². The molecule has 0 fully saturated rings. The molecule has 0 aromatic rings. The third kappa shape index (κ3) is 42.5. The van der Waals surface area contributed by atoms with Gasteiger partial charge in [0.2, 0.25) is 0 Å². The summed E-state index contributed by atoms with van der Waals surface area (Å²) in [5.74, 6) is -0.917. The molecule has 3 nitrogen and oxygen atoms in total. The van der Waals surface area contributed by atoms with Crippen molar-refractivity contribution in [3.8, 4) is 0 Å². The Bertz CT molecular complexity index is 518. The number of aliphatic carboxylic acids is 1. The van der Waals surface area contributed by atoms with Gasteiger partial charge in [-0.1, -0.05) is 232 Å². The first kappa shape index (κ1) is 48.5. The van der Waals surface area contributed by atoms with Gasteiger partial charge in [-0.05, 0) is 25.9 Å². The second-order valence-corrected chi connectivity index (χ2v) is 14.7. The Morgan fingerprint density at radius 2 is 0.522 bits per heavy atom. The third-order valence-corrected chi connectivity index (χ3v) is 10.0. The molecule has 0 aromatic carbocycles. The van der Waals surface area contributed by atoms with Gasteiger partial charge >= 0.3 is 29.6 Å². The summed E-state index contributed by atoms with van der Waals surface area (Å²) >= 11 is 0. The van der Waals surface area contributed by atoms with Crippen molar-refractivity contribution in [1.82, 2.24) is 4.90 Å². The van der Waals surface area contributed by atoms with E-state index in [1.165, 1.54) is 218 Å². The molecule has 0 heterocycles. The van der Waals surface area contributed by atoms with Crippen LogP contribution in [0.5, 0.6) is 0 Å². The molecule has 0 rings (SSSR count). The number of unbranched alkanes of at least 4 members (excludes halogenated alkanes) is 34. The fourth-order valence-corrected chi connectivity index (χ4v) is 6.93. The normalized spacial score (nSPS) is 11.4. The Morgan fingerprint density at radius 1 is 0.348 bits per heavy atom. The number of carboxylic acid groups (broad SMARTS) is 1. The molecule has 0 saturated heterocycles. The maximum atomic E-state index is 11.2. The molecule has 4 heteroatoms. The second kappa shape index (κ2) is 43.5. The first-order valence-corrected chi connectivity index (χ1v) is 21.1. The Kier molecular flexibility index (Phi) is 45.9. The van der Waals surface area contributed by atoms with E-state index in [1.54, 1.807) is 0 Å². The fourth-order valence-electron chi connectivity index (χ4n) is 6.93. The van der Waals surface area contributed by atoms with E-state index in [0.717, 1.165) is 25.9 Å². The van der Waals surface area contributed by atoms with Gasteiger partial charge in [0.1, 0.15) is 0 Å². The monoisotopic (exact) mass is 658 g/mol. The molecule has 0 amide bonds. The van der Waals surface area contributed by atoms with Crippen molar-refractivity contribution in [3.05, 3.63) is 0 Å². The minimum Gasteiger partial charge on any atom is -0.549 e. The zero-order chi connectivity index (χ0) is 32.7. The average Bonchev–Trinajstić information content (AvgIpc) is 3.03. The molecule has 0 aliphatic carbocycles. The van der Waals surface area contributed by atoms with E-state index in [4.69, 9.17) is 0 Å². The van der Waals surface area contributed by atoms with E-state index in [2.05, 4.69) is 18.7 Å². The summed E-state index contributed by atoms with van der Waals surface area (Å²) < 4.78 is 0. The summed E-state index contributed by atoms with van der Waals surface area (Å²) in [7, 11) is 0. The second-order valence-electron chi connectivity index (χ2n) is 14.7. The zero-order valence-corrected chi connectivity index (χ0v) is 34.3. The van der Waals surface area contributed by atoms with Crippen LogP contribution in [0, 0.1) is 0 Å². The summed E-state index contributed by atoms with van der Waals surface area (Å²) in [6.07, 6.45) is 49.9. The number of hydrogen-bond donors (Lipinski definition) is 0. The van der Waals surface area contributed by atoms with Crippen molar-refractivity contribution in [2.45, 2.75) is 245 Å². The van der Waals surface area contributed by atoms with Gasteiger partial charge < -0.3 is 9.90 Å². The minimum atomic E-state index is -0.917. The van der Waals surface area contributed by atoms with Crippen LogP contribution in [0.1, 0.15) is 245 Å². The molecule has 0 atom stereocenters. The number of carboxylic acids is 1. The largest absolute Gasteiger partial charge is 1.00 e. The van der Waals surface area contributed by atoms with Crippen LogP contribution < -0.4 is 34.7 Å². The van der Waals surface area contributed by atoms with Gasteiger partial charge in [0.05, 0.1) is 5.97 Å². The Balaban J connectivity index is 0. The predicted octanol–water partition coefficient (Wildman–Crippen LogP) is 10.1.